The maximum absolute atomic E-state index is 9.04. The van der Waals surface area contributed by atoms with E-state index in [9.17, 15) is 0 Å². The summed E-state index contributed by atoms with van der Waals surface area (Å²) < 4.78 is 1.89. The van der Waals surface area contributed by atoms with Crippen molar-refractivity contribution < 1.29 is 10.2 Å². The van der Waals surface area contributed by atoms with Crippen LogP contribution in [0.4, 0.5) is 0 Å². The highest BCUT2D eigenvalue weighted by Gasteiger charge is 2.07. The minimum Gasteiger partial charge on any atom is -0.395 e. The standard InChI is InChI=1S/C9H15NO2/c1-7-5-10(3-4-11)9(6-12)8(7)2/h5,11-12H,3-4,6H2,1-2H3. The largest absolute Gasteiger partial charge is 0.395 e. The molecule has 0 saturated heterocycles. The zero-order valence-corrected chi connectivity index (χ0v) is 7.54. The van der Waals surface area contributed by atoms with Gasteiger partial charge < -0.3 is 14.8 Å². The molecular weight excluding hydrogens is 154 g/mol. The maximum atomic E-state index is 9.04. The lowest BCUT2D eigenvalue weighted by atomic mass is 10.2. The lowest BCUT2D eigenvalue weighted by molar-refractivity contribution is 0.250. The molecule has 0 fully saturated rings. The normalized spacial score (nSPS) is 10.7. The highest BCUT2D eigenvalue weighted by Crippen LogP contribution is 2.15. The van der Waals surface area contributed by atoms with Crippen LogP contribution in [0.1, 0.15) is 16.8 Å². The molecule has 0 atom stereocenters. The van der Waals surface area contributed by atoms with Crippen LogP contribution in [0.2, 0.25) is 0 Å². The van der Waals surface area contributed by atoms with Gasteiger partial charge in [-0.25, -0.2) is 0 Å². The molecule has 0 aliphatic rings. The average Bonchev–Trinajstić information content (AvgIpc) is 2.29. The van der Waals surface area contributed by atoms with Crippen LogP contribution in [0.5, 0.6) is 0 Å². The first-order valence-corrected chi connectivity index (χ1v) is 4.07. The van der Waals surface area contributed by atoms with E-state index in [2.05, 4.69) is 0 Å². The van der Waals surface area contributed by atoms with Gasteiger partial charge in [-0.05, 0) is 25.0 Å². The van der Waals surface area contributed by atoms with Crippen molar-refractivity contribution in [3.05, 3.63) is 23.0 Å². The Hall–Kier alpha value is -0.800. The van der Waals surface area contributed by atoms with Crippen molar-refractivity contribution in [1.82, 2.24) is 4.57 Å². The van der Waals surface area contributed by atoms with Crippen molar-refractivity contribution >= 4 is 0 Å². The topological polar surface area (TPSA) is 45.4 Å². The minimum absolute atomic E-state index is 0.0413. The molecule has 0 bridgehead atoms. The van der Waals surface area contributed by atoms with Crippen LogP contribution in [-0.4, -0.2) is 21.4 Å². The van der Waals surface area contributed by atoms with E-state index in [-0.39, 0.29) is 13.2 Å². The summed E-state index contributed by atoms with van der Waals surface area (Å²) in [6, 6.07) is 0. The van der Waals surface area contributed by atoms with E-state index in [1.807, 2.05) is 24.6 Å². The summed E-state index contributed by atoms with van der Waals surface area (Å²) in [5, 5.41) is 17.8. The number of hydrogen-bond acceptors (Lipinski definition) is 2. The summed E-state index contributed by atoms with van der Waals surface area (Å²) in [5.74, 6) is 0. The lowest BCUT2D eigenvalue weighted by Gasteiger charge is -2.04. The molecule has 1 aromatic heterocycles. The van der Waals surface area contributed by atoms with Crippen LogP contribution in [0.15, 0.2) is 6.20 Å². The molecule has 0 saturated carbocycles. The molecule has 1 rings (SSSR count). The van der Waals surface area contributed by atoms with E-state index in [4.69, 9.17) is 10.2 Å². The minimum atomic E-state index is 0.0413. The van der Waals surface area contributed by atoms with Crippen molar-refractivity contribution in [2.45, 2.75) is 27.0 Å². The fourth-order valence-corrected chi connectivity index (χ4v) is 1.37. The van der Waals surface area contributed by atoms with Gasteiger partial charge in [-0.15, -0.1) is 0 Å². The highest BCUT2D eigenvalue weighted by atomic mass is 16.3. The molecule has 2 N–H and O–H groups in total. The number of aryl methyl sites for hydroxylation is 1. The van der Waals surface area contributed by atoms with Gasteiger partial charge >= 0.3 is 0 Å². The molecule has 1 heterocycles. The SMILES string of the molecule is Cc1cn(CCO)c(CO)c1C. The third kappa shape index (κ3) is 1.52. The van der Waals surface area contributed by atoms with E-state index in [0.717, 1.165) is 16.8 Å². The van der Waals surface area contributed by atoms with Crippen molar-refractivity contribution in [2.24, 2.45) is 0 Å². The first-order valence-electron chi connectivity index (χ1n) is 4.07. The lowest BCUT2D eigenvalue weighted by Crippen LogP contribution is -2.05. The third-order valence-corrected chi connectivity index (χ3v) is 2.21. The number of aliphatic hydroxyl groups excluding tert-OH is 2. The Morgan fingerprint density at radius 2 is 2.00 bits per heavy atom. The molecule has 0 amide bonds. The van der Waals surface area contributed by atoms with Gasteiger partial charge in [0.15, 0.2) is 0 Å². The number of aliphatic hydroxyl groups is 2. The van der Waals surface area contributed by atoms with Gasteiger partial charge in [-0.1, -0.05) is 0 Å². The highest BCUT2D eigenvalue weighted by molar-refractivity contribution is 5.29. The summed E-state index contributed by atoms with van der Waals surface area (Å²) in [4.78, 5) is 0. The Balaban J connectivity index is 3.02. The van der Waals surface area contributed by atoms with Gasteiger partial charge in [0, 0.05) is 18.4 Å². The van der Waals surface area contributed by atoms with Gasteiger partial charge in [-0.2, -0.15) is 0 Å². The van der Waals surface area contributed by atoms with Crippen molar-refractivity contribution in [3.63, 3.8) is 0 Å². The second-order valence-corrected chi connectivity index (χ2v) is 2.96. The Morgan fingerprint density at radius 1 is 1.33 bits per heavy atom. The molecule has 68 valence electrons. The predicted octanol–water partition coefficient (Wildman–Crippen LogP) is 0.590. The summed E-state index contributed by atoms with van der Waals surface area (Å²) >= 11 is 0. The molecule has 0 spiro atoms. The summed E-state index contributed by atoms with van der Waals surface area (Å²) in [5.41, 5.74) is 3.18. The Kier molecular flexibility index (Phi) is 2.89. The third-order valence-electron chi connectivity index (χ3n) is 2.21. The predicted molar refractivity (Wildman–Crippen MR) is 46.9 cm³/mol. The second kappa shape index (κ2) is 3.74. The second-order valence-electron chi connectivity index (χ2n) is 2.96. The van der Waals surface area contributed by atoms with Crippen LogP contribution in [0.3, 0.4) is 0 Å². The molecule has 3 nitrogen and oxygen atoms in total. The molecule has 3 heteroatoms. The maximum Gasteiger partial charge on any atom is 0.0835 e. The molecule has 0 unspecified atom stereocenters. The Labute approximate surface area is 72.3 Å². The van der Waals surface area contributed by atoms with Gasteiger partial charge in [0.05, 0.1) is 13.2 Å². The molecule has 1 aromatic rings. The Morgan fingerprint density at radius 3 is 2.50 bits per heavy atom. The van der Waals surface area contributed by atoms with Crippen LogP contribution in [0, 0.1) is 13.8 Å². The Bertz CT molecular complexity index is 266. The fourth-order valence-electron chi connectivity index (χ4n) is 1.37. The van der Waals surface area contributed by atoms with Crippen LogP contribution < -0.4 is 0 Å². The molecule has 0 aliphatic carbocycles. The van der Waals surface area contributed by atoms with Gasteiger partial charge in [0.25, 0.3) is 0 Å². The van der Waals surface area contributed by atoms with E-state index in [0.29, 0.717) is 6.54 Å². The van der Waals surface area contributed by atoms with Gasteiger partial charge in [-0.3, -0.25) is 0 Å². The molecule has 0 aliphatic heterocycles. The summed E-state index contributed by atoms with van der Waals surface area (Å²) in [6.07, 6.45) is 1.96. The van der Waals surface area contributed by atoms with Crippen LogP contribution in [-0.2, 0) is 13.2 Å². The van der Waals surface area contributed by atoms with Crippen LogP contribution in [0.25, 0.3) is 0 Å². The number of nitrogens with zero attached hydrogens (tertiary/aromatic N) is 1. The number of aromatic nitrogens is 1. The molecule has 0 radical (unpaired) electrons. The van der Waals surface area contributed by atoms with Gasteiger partial charge in [0.2, 0.25) is 0 Å². The number of rotatable bonds is 3. The van der Waals surface area contributed by atoms with E-state index < -0.39 is 0 Å². The summed E-state index contributed by atoms with van der Waals surface area (Å²) in [6.45, 7) is 4.70. The van der Waals surface area contributed by atoms with E-state index >= 15 is 0 Å². The zero-order valence-electron chi connectivity index (χ0n) is 7.54. The van der Waals surface area contributed by atoms with E-state index in [1.165, 1.54) is 0 Å². The first kappa shape index (κ1) is 9.29. The van der Waals surface area contributed by atoms with Crippen molar-refractivity contribution in [1.29, 1.82) is 0 Å². The molecule has 12 heavy (non-hydrogen) atoms. The first-order chi connectivity index (χ1) is 5.70. The smallest absolute Gasteiger partial charge is 0.0835 e. The van der Waals surface area contributed by atoms with Crippen molar-refractivity contribution in [3.8, 4) is 0 Å². The summed E-state index contributed by atoms with van der Waals surface area (Å²) in [7, 11) is 0. The van der Waals surface area contributed by atoms with Crippen LogP contribution >= 0.6 is 0 Å². The van der Waals surface area contributed by atoms with E-state index in [1.54, 1.807) is 0 Å². The molecule has 0 aromatic carbocycles. The van der Waals surface area contributed by atoms with Gasteiger partial charge in [0.1, 0.15) is 0 Å². The quantitative estimate of drug-likeness (QED) is 0.695. The average molecular weight is 169 g/mol. The number of hydrogen-bond donors (Lipinski definition) is 2. The zero-order chi connectivity index (χ0) is 9.14. The van der Waals surface area contributed by atoms with Crippen molar-refractivity contribution in [2.75, 3.05) is 6.61 Å². The monoisotopic (exact) mass is 169 g/mol. The molecular formula is C9H15NO2. The fraction of sp³-hybridized carbons (Fsp3) is 0.556.